The molecule has 0 amide bonds. The lowest BCUT2D eigenvalue weighted by Gasteiger charge is -2.08. The molecule has 3 rings (SSSR count). The number of hydrogen-bond donors (Lipinski definition) is 2. The second-order valence-corrected chi connectivity index (χ2v) is 4.80. The standard InChI is InChI=1S/C12H9BrN2O3/c13-8-3-1-2-7-9-6(4-5-18-11(7)8)10(12(16)17)15-14-9/h1-3H,4-5H2,(H,14,15)(H,16,17). The summed E-state index contributed by atoms with van der Waals surface area (Å²) >= 11 is 3.42. The fourth-order valence-electron chi connectivity index (χ4n) is 2.11. The predicted molar refractivity (Wildman–Crippen MR) is 67.9 cm³/mol. The number of fused-ring (bicyclic) bond motifs is 3. The Morgan fingerprint density at radius 3 is 3.11 bits per heavy atom. The zero-order valence-electron chi connectivity index (χ0n) is 9.24. The first-order chi connectivity index (χ1) is 8.68. The van der Waals surface area contributed by atoms with Gasteiger partial charge in [0, 0.05) is 17.5 Å². The summed E-state index contributed by atoms with van der Waals surface area (Å²) in [6.45, 7) is 0.433. The zero-order chi connectivity index (χ0) is 12.7. The Kier molecular flexibility index (Phi) is 2.59. The van der Waals surface area contributed by atoms with E-state index in [1.165, 1.54) is 0 Å². The Morgan fingerprint density at radius 1 is 1.50 bits per heavy atom. The summed E-state index contributed by atoms with van der Waals surface area (Å²) in [5, 5.41) is 15.8. The van der Waals surface area contributed by atoms with Crippen LogP contribution in [0, 0.1) is 0 Å². The number of carboxylic acids is 1. The third-order valence-corrected chi connectivity index (χ3v) is 3.53. The normalized spacial score (nSPS) is 13.2. The monoisotopic (exact) mass is 308 g/mol. The molecule has 92 valence electrons. The van der Waals surface area contributed by atoms with E-state index in [0.29, 0.717) is 30.0 Å². The molecule has 0 unspecified atom stereocenters. The zero-order valence-corrected chi connectivity index (χ0v) is 10.8. The minimum absolute atomic E-state index is 0.140. The maximum Gasteiger partial charge on any atom is 0.354 e. The van der Waals surface area contributed by atoms with Crippen LogP contribution in [-0.4, -0.2) is 27.9 Å². The summed E-state index contributed by atoms with van der Waals surface area (Å²) in [6, 6.07) is 5.63. The van der Waals surface area contributed by atoms with Crippen molar-refractivity contribution in [3.8, 4) is 17.0 Å². The van der Waals surface area contributed by atoms with E-state index in [4.69, 9.17) is 9.84 Å². The Balaban J connectivity index is 2.26. The maximum atomic E-state index is 11.1. The second kappa shape index (κ2) is 4.13. The van der Waals surface area contributed by atoms with Gasteiger partial charge in [-0.3, -0.25) is 5.10 Å². The number of carboxylic acid groups (broad SMARTS) is 1. The fourth-order valence-corrected chi connectivity index (χ4v) is 2.59. The molecule has 2 N–H and O–H groups in total. The average Bonchev–Trinajstić information content (AvgIpc) is 2.67. The number of aromatic nitrogens is 2. The van der Waals surface area contributed by atoms with Gasteiger partial charge in [-0.05, 0) is 28.1 Å². The number of ether oxygens (including phenoxy) is 1. The van der Waals surface area contributed by atoms with Gasteiger partial charge in [0.1, 0.15) is 17.1 Å². The minimum Gasteiger partial charge on any atom is -0.491 e. The average molecular weight is 309 g/mol. The van der Waals surface area contributed by atoms with Crippen LogP contribution in [-0.2, 0) is 6.42 Å². The molecule has 0 radical (unpaired) electrons. The van der Waals surface area contributed by atoms with Crippen LogP contribution in [0.2, 0.25) is 0 Å². The number of nitrogens with zero attached hydrogens (tertiary/aromatic N) is 1. The Hall–Kier alpha value is -1.82. The van der Waals surface area contributed by atoms with E-state index in [1.54, 1.807) is 0 Å². The number of H-pyrrole nitrogens is 1. The van der Waals surface area contributed by atoms with E-state index >= 15 is 0 Å². The summed E-state index contributed by atoms with van der Waals surface area (Å²) in [4.78, 5) is 11.1. The number of hydrogen-bond acceptors (Lipinski definition) is 3. The highest BCUT2D eigenvalue weighted by Gasteiger charge is 2.25. The molecule has 5 nitrogen and oxygen atoms in total. The molecule has 2 aromatic rings. The molecular weight excluding hydrogens is 300 g/mol. The molecule has 0 bridgehead atoms. The van der Waals surface area contributed by atoms with Crippen LogP contribution >= 0.6 is 15.9 Å². The van der Waals surface area contributed by atoms with E-state index in [-0.39, 0.29) is 5.69 Å². The van der Waals surface area contributed by atoms with Crippen LogP contribution in [0.25, 0.3) is 11.3 Å². The van der Waals surface area contributed by atoms with Crippen LogP contribution in [0.15, 0.2) is 22.7 Å². The molecule has 2 heterocycles. The van der Waals surface area contributed by atoms with Crippen molar-refractivity contribution in [2.75, 3.05) is 6.61 Å². The number of nitrogens with one attached hydrogen (secondary N) is 1. The van der Waals surface area contributed by atoms with Gasteiger partial charge < -0.3 is 9.84 Å². The van der Waals surface area contributed by atoms with Gasteiger partial charge >= 0.3 is 5.97 Å². The SMILES string of the molecule is O=C(O)c1[nH]nc2c1CCOc1c(Br)cccc1-2. The third-order valence-electron chi connectivity index (χ3n) is 2.90. The molecule has 6 heteroatoms. The van der Waals surface area contributed by atoms with Gasteiger partial charge in [0.15, 0.2) is 0 Å². The highest BCUT2D eigenvalue weighted by molar-refractivity contribution is 9.10. The number of aromatic carboxylic acids is 1. The number of halogens is 1. The second-order valence-electron chi connectivity index (χ2n) is 3.95. The first-order valence-electron chi connectivity index (χ1n) is 5.40. The molecule has 0 atom stereocenters. The molecule has 1 aromatic carbocycles. The van der Waals surface area contributed by atoms with Crippen LogP contribution in [0.5, 0.6) is 5.75 Å². The first-order valence-corrected chi connectivity index (χ1v) is 6.20. The van der Waals surface area contributed by atoms with E-state index in [1.807, 2.05) is 18.2 Å². The Labute approximate surface area is 111 Å². The number of benzene rings is 1. The summed E-state index contributed by atoms with van der Waals surface area (Å²) in [5.74, 6) is -0.290. The van der Waals surface area contributed by atoms with E-state index in [0.717, 1.165) is 10.0 Å². The predicted octanol–water partition coefficient (Wildman–Crippen LogP) is 2.47. The van der Waals surface area contributed by atoms with Crippen LogP contribution in [0.4, 0.5) is 0 Å². The summed E-state index contributed by atoms with van der Waals surface area (Å²) in [5.41, 5.74) is 2.29. The van der Waals surface area contributed by atoms with E-state index in [9.17, 15) is 4.79 Å². The number of para-hydroxylation sites is 1. The number of carbonyl (C=O) groups is 1. The number of aromatic amines is 1. The molecule has 0 saturated carbocycles. The van der Waals surface area contributed by atoms with Crippen molar-refractivity contribution >= 4 is 21.9 Å². The van der Waals surface area contributed by atoms with Crippen molar-refractivity contribution in [1.29, 1.82) is 0 Å². The van der Waals surface area contributed by atoms with Crippen molar-refractivity contribution in [2.24, 2.45) is 0 Å². The molecule has 0 aliphatic carbocycles. The van der Waals surface area contributed by atoms with Gasteiger partial charge in [0.2, 0.25) is 0 Å². The highest BCUT2D eigenvalue weighted by atomic mass is 79.9. The van der Waals surface area contributed by atoms with Gasteiger partial charge in [-0.2, -0.15) is 5.10 Å². The van der Waals surface area contributed by atoms with Crippen molar-refractivity contribution in [2.45, 2.75) is 6.42 Å². The van der Waals surface area contributed by atoms with E-state index in [2.05, 4.69) is 26.1 Å². The molecule has 0 spiro atoms. The lowest BCUT2D eigenvalue weighted by Crippen LogP contribution is -2.05. The van der Waals surface area contributed by atoms with Gasteiger partial charge in [0.05, 0.1) is 11.1 Å². The topological polar surface area (TPSA) is 75.2 Å². The molecule has 0 fully saturated rings. The highest BCUT2D eigenvalue weighted by Crippen LogP contribution is 2.39. The van der Waals surface area contributed by atoms with Gasteiger partial charge in [-0.15, -0.1) is 0 Å². The van der Waals surface area contributed by atoms with Crippen LogP contribution in [0.3, 0.4) is 0 Å². The quantitative estimate of drug-likeness (QED) is 0.848. The summed E-state index contributed by atoms with van der Waals surface area (Å²) in [6.07, 6.45) is 0.522. The molecule has 1 aromatic heterocycles. The first kappa shape index (κ1) is 11.3. The van der Waals surface area contributed by atoms with Crippen molar-refractivity contribution in [3.05, 3.63) is 33.9 Å². The van der Waals surface area contributed by atoms with Crippen molar-refractivity contribution < 1.29 is 14.6 Å². The van der Waals surface area contributed by atoms with Crippen LogP contribution in [0.1, 0.15) is 16.1 Å². The molecule has 1 aliphatic heterocycles. The molecule has 0 saturated heterocycles. The van der Waals surface area contributed by atoms with Gasteiger partial charge in [-0.25, -0.2) is 4.79 Å². The molecule has 1 aliphatic rings. The van der Waals surface area contributed by atoms with Crippen molar-refractivity contribution in [1.82, 2.24) is 10.2 Å². The molecule has 18 heavy (non-hydrogen) atoms. The summed E-state index contributed by atoms with van der Waals surface area (Å²) in [7, 11) is 0. The Bertz CT molecular complexity index is 636. The largest absolute Gasteiger partial charge is 0.491 e. The number of rotatable bonds is 1. The van der Waals surface area contributed by atoms with Gasteiger partial charge in [0.25, 0.3) is 0 Å². The fraction of sp³-hybridized carbons (Fsp3) is 0.167. The maximum absolute atomic E-state index is 11.1. The third kappa shape index (κ3) is 1.60. The smallest absolute Gasteiger partial charge is 0.354 e. The molecular formula is C12H9BrN2O3. The lowest BCUT2D eigenvalue weighted by atomic mass is 10.0. The van der Waals surface area contributed by atoms with Gasteiger partial charge in [-0.1, -0.05) is 6.07 Å². The summed E-state index contributed by atoms with van der Waals surface area (Å²) < 4.78 is 6.50. The lowest BCUT2D eigenvalue weighted by molar-refractivity contribution is 0.0689. The van der Waals surface area contributed by atoms with Crippen molar-refractivity contribution in [3.63, 3.8) is 0 Å². The van der Waals surface area contributed by atoms with Crippen LogP contribution < -0.4 is 4.74 Å². The minimum atomic E-state index is -0.998. The van der Waals surface area contributed by atoms with E-state index < -0.39 is 5.97 Å². The Morgan fingerprint density at radius 2 is 2.33 bits per heavy atom.